The lowest BCUT2D eigenvalue weighted by Gasteiger charge is -2.17. The molecular weight excluding hydrogens is 228 g/mol. The van der Waals surface area contributed by atoms with Gasteiger partial charge in [0.1, 0.15) is 0 Å². The molecule has 0 bridgehead atoms. The van der Waals surface area contributed by atoms with Crippen molar-refractivity contribution in [2.45, 2.75) is 33.6 Å². The Hall–Kier alpha value is -1.36. The number of H-pyrrole nitrogens is 1. The molecule has 0 unspecified atom stereocenters. The van der Waals surface area contributed by atoms with Crippen molar-refractivity contribution in [2.75, 3.05) is 31.5 Å². The van der Waals surface area contributed by atoms with Crippen LogP contribution in [-0.4, -0.2) is 41.0 Å². The average Bonchev–Trinajstić information content (AvgIpc) is 2.38. The minimum Gasteiger partial charge on any atom is -0.356 e. The van der Waals surface area contributed by atoms with Crippen LogP contribution >= 0.6 is 0 Å². The zero-order valence-corrected chi connectivity index (χ0v) is 11.6. The molecule has 0 aromatic carbocycles. The van der Waals surface area contributed by atoms with E-state index in [0.717, 1.165) is 44.7 Å². The Bertz CT molecular complexity index is 398. The Morgan fingerprint density at radius 3 is 2.67 bits per heavy atom. The molecule has 1 rings (SSSR count). The van der Waals surface area contributed by atoms with Gasteiger partial charge in [0.15, 0.2) is 0 Å². The van der Waals surface area contributed by atoms with E-state index >= 15 is 0 Å². The Kier molecular flexibility index (Phi) is 6.43. The third-order valence-corrected chi connectivity index (χ3v) is 2.99. The minimum atomic E-state index is -0.0897. The molecule has 1 aromatic rings. The van der Waals surface area contributed by atoms with Crippen LogP contribution in [0.25, 0.3) is 0 Å². The maximum absolute atomic E-state index is 11.4. The SMILES string of the molecule is CCc1cc(=O)[nH]c(NCCCN(CC)CC)n1. The van der Waals surface area contributed by atoms with Crippen LogP contribution in [0.15, 0.2) is 10.9 Å². The van der Waals surface area contributed by atoms with Crippen LogP contribution in [0.2, 0.25) is 0 Å². The van der Waals surface area contributed by atoms with E-state index in [4.69, 9.17) is 0 Å². The molecule has 0 saturated heterocycles. The molecular formula is C13H24N4O. The maximum Gasteiger partial charge on any atom is 0.252 e. The Balaban J connectivity index is 2.39. The van der Waals surface area contributed by atoms with Gasteiger partial charge in [0.2, 0.25) is 5.95 Å². The van der Waals surface area contributed by atoms with E-state index in [1.165, 1.54) is 0 Å². The molecule has 5 nitrogen and oxygen atoms in total. The summed E-state index contributed by atoms with van der Waals surface area (Å²) in [4.78, 5) is 20.8. The summed E-state index contributed by atoms with van der Waals surface area (Å²) in [5.41, 5.74) is 0.734. The predicted molar refractivity (Wildman–Crippen MR) is 75.1 cm³/mol. The first-order valence-electron chi connectivity index (χ1n) is 6.76. The van der Waals surface area contributed by atoms with Gasteiger partial charge in [-0.1, -0.05) is 20.8 Å². The standard InChI is InChI=1S/C13H24N4O/c1-4-11-10-12(18)16-13(15-11)14-8-7-9-17(5-2)6-3/h10H,4-9H2,1-3H3,(H2,14,15,16,18). The lowest BCUT2D eigenvalue weighted by atomic mass is 10.3. The van der Waals surface area contributed by atoms with Crippen molar-refractivity contribution in [1.29, 1.82) is 0 Å². The highest BCUT2D eigenvalue weighted by atomic mass is 16.1. The fourth-order valence-corrected chi connectivity index (χ4v) is 1.82. The molecule has 1 aromatic heterocycles. The second-order valence-corrected chi connectivity index (χ2v) is 4.25. The van der Waals surface area contributed by atoms with E-state index in [0.29, 0.717) is 5.95 Å². The molecule has 0 atom stereocenters. The number of aromatic nitrogens is 2. The Morgan fingerprint density at radius 1 is 1.33 bits per heavy atom. The van der Waals surface area contributed by atoms with Crippen molar-refractivity contribution >= 4 is 5.95 Å². The second kappa shape index (κ2) is 7.87. The molecule has 18 heavy (non-hydrogen) atoms. The van der Waals surface area contributed by atoms with Crippen molar-refractivity contribution in [3.63, 3.8) is 0 Å². The Morgan fingerprint density at radius 2 is 2.06 bits per heavy atom. The van der Waals surface area contributed by atoms with Gasteiger partial charge >= 0.3 is 0 Å². The number of aromatic amines is 1. The van der Waals surface area contributed by atoms with Crippen molar-refractivity contribution in [2.24, 2.45) is 0 Å². The van der Waals surface area contributed by atoms with E-state index in [9.17, 15) is 4.79 Å². The van der Waals surface area contributed by atoms with Crippen LogP contribution in [0.1, 0.15) is 32.9 Å². The van der Waals surface area contributed by atoms with E-state index < -0.39 is 0 Å². The fourth-order valence-electron chi connectivity index (χ4n) is 1.82. The van der Waals surface area contributed by atoms with Gasteiger partial charge < -0.3 is 10.2 Å². The fraction of sp³-hybridized carbons (Fsp3) is 0.692. The summed E-state index contributed by atoms with van der Waals surface area (Å²) in [6, 6.07) is 1.54. The molecule has 0 amide bonds. The number of hydrogen-bond donors (Lipinski definition) is 2. The van der Waals surface area contributed by atoms with Crippen molar-refractivity contribution < 1.29 is 0 Å². The molecule has 102 valence electrons. The molecule has 2 N–H and O–H groups in total. The van der Waals surface area contributed by atoms with Crippen LogP contribution in [0.5, 0.6) is 0 Å². The van der Waals surface area contributed by atoms with E-state index in [2.05, 4.69) is 34.0 Å². The molecule has 0 fully saturated rings. The number of anilines is 1. The third-order valence-electron chi connectivity index (χ3n) is 2.99. The van der Waals surface area contributed by atoms with E-state index in [-0.39, 0.29) is 5.56 Å². The first-order valence-corrected chi connectivity index (χ1v) is 6.76. The zero-order valence-electron chi connectivity index (χ0n) is 11.6. The first kappa shape index (κ1) is 14.7. The van der Waals surface area contributed by atoms with Crippen LogP contribution in [0.4, 0.5) is 5.95 Å². The monoisotopic (exact) mass is 252 g/mol. The van der Waals surface area contributed by atoms with Gasteiger partial charge in [-0.15, -0.1) is 0 Å². The summed E-state index contributed by atoms with van der Waals surface area (Å²) in [6.45, 7) is 10.4. The molecule has 0 aliphatic heterocycles. The zero-order chi connectivity index (χ0) is 13.4. The number of hydrogen-bond acceptors (Lipinski definition) is 4. The Labute approximate surface area is 109 Å². The van der Waals surface area contributed by atoms with Gasteiger partial charge in [-0.2, -0.15) is 0 Å². The molecule has 5 heteroatoms. The maximum atomic E-state index is 11.4. The van der Waals surface area contributed by atoms with E-state index in [1.807, 2.05) is 6.92 Å². The van der Waals surface area contributed by atoms with E-state index in [1.54, 1.807) is 6.07 Å². The van der Waals surface area contributed by atoms with Gasteiger partial charge in [0.05, 0.1) is 0 Å². The van der Waals surface area contributed by atoms with Crippen LogP contribution in [0.3, 0.4) is 0 Å². The molecule has 0 aliphatic rings. The van der Waals surface area contributed by atoms with Gasteiger partial charge in [0, 0.05) is 18.3 Å². The average molecular weight is 252 g/mol. The second-order valence-electron chi connectivity index (χ2n) is 4.25. The lowest BCUT2D eigenvalue weighted by molar-refractivity contribution is 0.303. The smallest absolute Gasteiger partial charge is 0.252 e. The molecule has 0 aliphatic carbocycles. The predicted octanol–water partition coefficient (Wildman–Crippen LogP) is 1.48. The van der Waals surface area contributed by atoms with Crippen molar-refractivity contribution in [3.05, 3.63) is 22.1 Å². The number of nitrogens with zero attached hydrogens (tertiary/aromatic N) is 2. The molecule has 0 radical (unpaired) electrons. The molecule has 1 heterocycles. The normalized spacial score (nSPS) is 10.9. The molecule has 0 saturated carbocycles. The number of rotatable bonds is 8. The summed E-state index contributed by atoms with van der Waals surface area (Å²) >= 11 is 0. The van der Waals surface area contributed by atoms with Gasteiger partial charge in [-0.25, -0.2) is 4.98 Å². The highest BCUT2D eigenvalue weighted by molar-refractivity contribution is 5.24. The van der Waals surface area contributed by atoms with Gasteiger partial charge in [0.25, 0.3) is 5.56 Å². The first-order chi connectivity index (χ1) is 8.69. The summed E-state index contributed by atoms with van der Waals surface area (Å²) in [7, 11) is 0. The van der Waals surface area contributed by atoms with Crippen LogP contribution in [0, 0.1) is 0 Å². The summed E-state index contributed by atoms with van der Waals surface area (Å²) in [6.07, 6.45) is 1.82. The highest BCUT2D eigenvalue weighted by Gasteiger charge is 2.01. The summed E-state index contributed by atoms with van der Waals surface area (Å²) in [5.74, 6) is 0.582. The molecule has 0 spiro atoms. The third kappa shape index (κ3) is 4.87. The van der Waals surface area contributed by atoms with Gasteiger partial charge in [-0.3, -0.25) is 9.78 Å². The largest absolute Gasteiger partial charge is 0.356 e. The van der Waals surface area contributed by atoms with Crippen molar-refractivity contribution in [3.8, 4) is 0 Å². The quantitative estimate of drug-likeness (QED) is 0.688. The number of aryl methyl sites for hydroxylation is 1. The van der Waals surface area contributed by atoms with Crippen molar-refractivity contribution in [1.82, 2.24) is 14.9 Å². The highest BCUT2D eigenvalue weighted by Crippen LogP contribution is 1.98. The van der Waals surface area contributed by atoms with Gasteiger partial charge in [-0.05, 0) is 32.5 Å². The summed E-state index contributed by atoms with van der Waals surface area (Å²) in [5, 5.41) is 3.17. The minimum absolute atomic E-state index is 0.0897. The van der Waals surface area contributed by atoms with Crippen LogP contribution in [-0.2, 0) is 6.42 Å². The topological polar surface area (TPSA) is 61.0 Å². The lowest BCUT2D eigenvalue weighted by Crippen LogP contribution is -2.25. The number of nitrogens with one attached hydrogen (secondary N) is 2. The van der Waals surface area contributed by atoms with Crippen LogP contribution < -0.4 is 10.9 Å². The summed E-state index contributed by atoms with van der Waals surface area (Å²) < 4.78 is 0.